The third-order valence-electron chi connectivity index (χ3n) is 4.01. The van der Waals surface area contributed by atoms with Gasteiger partial charge in [-0.3, -0.25) is 4.79 Å². The minimum atomic E-state index is -0.493. The molecule has 1 amide bonds. The van der Waals surface area contributed by atoms with Crippen LogP contribution in [0, 0.1) is 12.3 Å². The van der Waals surface area contributed by atoms with Gasteiger partial charge in [0.2, 0.25) is 5.91 Å². The number of nitrogens with zero attached hydrogens (tertiary/aromatic N) is 1. The molecule has 0 unspecified atom stereocenters. The van der Waals surface area contributed by atoms with E-state index in [9.17, 15) is 4.79 Å². The molecule has 5 nitrogen and oxygen atoms in total. The van der Waals surface area contributed by atoms with E-state index >= 15 is 0 Å². The maximum Gasteiger partial charge on any atom is 0.227 e. The van der Waals surface area contributed by atoms with Gasteiger partial charge >= 0.3 is 0 Å². The highest BCUT2D eigenvalue weighted by molar-refractivity contribution is 14.0. The standard InChI is InChI=1S/C20H34N4O.HI/c1-6-8-13-22-19(23-14-17-11-9-16(3)10-12-17)24-15-20(4,5)18(25)21-7-2;/h9-12H,6-8,13-15H2,1-5H3,(H,21,25)(H2,22,23,24);1H. The van der Waals surface area contributed by atoms with Gasteiger partial charge < -0.3 is 16.0 Å². The second kappa shape index (κ2) is 12.9. The Balaban J connectivity index is 0.00000625. The predicted molar refractivity (Wildman–Crippen MR) is 121 cm³/mol. The minimum Gasteiger partial charge on any atom is -0.356 e. The highest BCUT2D eigenvalue weighted by atomic mass is 127. The SMILES string of the molecule is CCCCNC(=NCc1ccc(C)cc1)NCC(C)(C)C(=O)NCC.I. The molecule has 0 radical (unpaired) electrons. The van der Waals surface area contributed by atoms with E-state index in [0.717, 1.165) is 25.3 Å². The van der Waals surface area contributed by atoms with E-state index in [0.29, 0.717) is 19.6 Å². The molecule has 0 aliphatic carbocycles. The number of nitrogens with one attached hydrogen (secondary N) is 3. The molecule has 1 rings (SSSR count). The Bertz CT molecular complexity index is 555. The van der Waals surface area contributed by atoms with Crippen LogP contribution in [0.1, 0.15) is 51.7 Å². The highest BCUT2D eigenvalue weighted by Crippen LogP contribution is 2.13. The van der Waals surface area contributed by atoms with Crippen molar-refractivity contribution in [3.8, 4) is 0 Å². The van der Waals surface area contributed by atoms with Gasteiger partial charge in [0, 0.05) is 19.6 Å². The monoisotopic (exact) mass is 474 g/mol. The van der Waals surface area contributed by atoms with E-state index in [2.05, 4.69) is 59.1 Å². The maximum atomic E-state index is 12.1. The molecule has 0 saturated carbocycles. The summed E-state index contributed by atoms with van der Waals surface area (Å²) >= 11 is 0. The first-order valence-corrected chi connectivity index (χ1v) is 9.25. The number of hydrogen-bond donors (Lipinski definition) is 3. The van der Waals surface area contributed by atoms with Gasteiger partial charge in [-0.15, -0.1) is 24.0 Å². The number of amides is 1. The molecule has 0 aliphatic heterocycles. The first kappa shape index (κ1) is 24.7. The van der Waals surface area contributed by atoms with E-state index in [4.69, 9.17) is 0 Å². The van der Waals surface area contributed by atoms with Gasteiger partial charge in [-0.2, -0.15) is 0 Å². The zero-order valence-corrected chi connectivity index (χ0v) is 19.1. The summed E-state index contributed by atoms with van der Waals surface area (Å²) in [5.41, 5.74) is 1.92. The van der Waals surface area contributed by atoms with E-state index in [1.807, 2.05) is 20.8 Å². The normalized spacial score (nSPS) is 11.5. The summed E-state index contributed by atoms with van der Waals surface area (Å²) in [6.07, 6.45) is 2.22. The van der Waals surface area contributed by atoms with Crippen molar-refractivity contribution in [2.45, 2.75) is 54.0 Å². The van der Waals surface area contributed by atoms with Crippen molar-refractivity contribution in [3.05, 3.63) is 35.4 Å². The Hall–Kier alpha value is -1.31. The molecule has 0 saturated heterocycles. The molecule has 0 heterocycles. The number of carbonyl (C=O) groups excluding carboxylic acids is 1. The van der Waals surface area contributed by atoms with Gasteiger partial charge in [0.05, 0.1) is 12.0 Å². The molecule has 6 heteroatoms. The van der Waals surface area contributed by atoms with Gasteiger partial charge in [-0.1, -0.05) is 43.2 Å². The van der Waals surface area contributed by atoms with Crippen LogP contribution in [0.15, 0.2) is 29.3 Å². The predicted octanol–water partition coefficient (Wildman–Crippen LogP) is 3.61. The highest BCUT2D eigenvalue weighted by Gasteiger charge is 2.27. The van der Waals surface area contributed by atoms with Crippen LogP contribution in [0.3, 0.4) is 0 Å². The number of aliphatic imine (C=N–C) groups is 1. The van der Waals surface area contributed by atoms with Gasteiger partial charge in [-0.05, 0) is 39.7 Å². The Morgan fingerprint density at radius 3 is 2.31 bits per heavy atom. The summed E-state index contributed by atoms with van der Waals surface area (Å²) in [6, 6.07) is 8.39. The topological polar surface area (TPSA) is 65.5 Å². The first-order valence-electron chi connectivity index (χ1n) is 9.25. The molecule has 1 aromatic rings. The fourth-order valence-corrected chi connectivity index (χ4v) is 2.21. The van der Waals surface area contributed by atoms with Gasteiger partial charge in [0.15, 0.2) is 5.96 Å². The molecule has 0 fully saturated rings. The lowest BCUT2D eigenvalue weighted by atomic mass is 9.92. The molecular formula is C20H35IN4O. The number of benzene rings is 1. The molecule has 0 atom stereocenters. The zero-order chi connectivity index (χ0) is 18.7. The molecule has 0 aromatic heterocycles. The van der Waals surface area contributed by atoms with Crippen LogP contribution >= 0.6 is 24.0 Å². The quantitative estimate of drug-likeness (QED) is 0.222. The van der Waals surface area contributed by atoms with Gasteiger partial charge in [0.25, 0.3) is 0 Å². The Kier molecular flexibility index (Phi) is 12.3. The van der Waals surface area contributed by atoms with Crippen LogP contribution in [0.25, 0.3) is 0 Å². The number of unbranched alkanes of at least 4 members (excludes halogenated alkanes) is 1. The average molecular weight is 474 g/mol. The number of aryl methyl sites for hydroxylation is 1. The average Bonchev–Trinajstić information content (AvgIpc) is 2.58. The number of hydrogen-bond acceptors (Lipinski definition) is 2. The third-order valence-corrected chi connectivity index (χ3v) is 4.01. The smallest absolute Gasteiger partial charge is 0.227 e. The number of guanidine groups is 1. The van der Waals surface area contributed by atoms with E-state index in [1.54, 1.807) is 0 Å². The second-order valence-electron chi connectivity index (χ2n) is 7.03. The second-order valence-corrected chi connectivity index (χ2v) is 7.03. The zero-order valence-electron chi connectivity index (χ0n) is 16.8. The van der Waals surface area contributed by atoms with Crippen LogP contribution in [0.2, 0.25) is 0 Å². The van der Waals surface area contributed by atoms with Crippen molar-refractivity contribution in [1.29, 1.82) is 0 Å². The summed E-state index contributed by atoms with van der Waals surface area (Å²) in [7, 11) is 0. The fourth-order valence-electron chi connectivity index (χ4n) is 2.21. The van der Waals surface area contributed by atoms with Gasteiger partial charge in [-0.25, -0.2) is 4.99 Å². The van der Waals surface area contributed by atoms with Crippen LogP contribution in [-0.2, 0) is 11.3 Å². The van der Waals surface area contributed by atoms with Crippen LogP contribution < -0.4 is 16.0 Å². The van der Waals surface area contributed by atoms with Crippen molar-refractivity contribution >= 4 is 35.8 Å². The van der Waals surface area contributed by atoms with Crippen LogP contribution in [0.4, 0.5) is 0 Å². The fraction of sp³-hybridized carbons (Fsp3) is 0.600. The lowest BCUT2D eigenvalue weighted by molar-refractivity contribution is -0.128. The van der Waals surface area contributed by atoms with E-state index in [-0.39, 0.29) is 29.9 Å². The molecule has 26 heavy (non-hydrogen) atoms. The Morgan fingerprint density at radius 2 is 1.73 bits per heavy atom. The van der Waals surface area contributed by atoms with Crippen molar-refractivity contribution in [1.82, 2.24) is 16.0 Å². The number of rotatable bonds is 9. The molecule has 3 N–H and O–H groups in total. The Labute approximate surface area is 175 Å². The van der Waals surface area contributed by atoms with Crippen molar-refractivity contribution < 1.29 is 4.79 Å². The molecule has 0 aliphatic rings. The maximum absolute atomic E-state index is 12.1. The number of carbonyl (C=O) groups is 1. The van der Waals surface area contributed by atoms with Crippen molar-refractivity contribution in [3.63, 3.8) is 0 Å². The summed E-state index contributed by atoms with van der Waals surface area (Å²) in [5.74, 6) is 0.806. The van der Waals surface area contributed by atoms with E-state index < -0.39 is 5.41 Å². The van der Waals surface area contributed by atoms with E-state index in [1.165, 1.54) is 11.1 Å². The third kappa shape index (κ3) is 9.40. The van der Waals surface area contributed by atoms with Crippen molar-refractivity contribution in [2.75, 3.05) is 19.6 Å². The summed E-state index contributed by atoms with van der Waals surface area (Å²) in [5, 5.41) is 9.56. The van der Waals surface area contributed by atoms with Crippen LogP contribution in [0.5, 0.6) is 0 Å². The molecular weight excluding hydrogens is 439 g/mol. The lowest BCUT2D eigenvalue weighted by Gasteiger charge is -2.25. The molecule has 1 aromatic carbocycles. The Morgan fingerprint density at radius 1 is 1.08 bits per heavy atom. The van der Waals surface area contributed by atoms with Gasteiger partial charge in [0.1, 0.15) is 0 Å². The minimum absolute atomic E-state index is 0. The summed E-state index contributed by atoms with van der Waals surface area (Å²) in [6.45, 7) is 12.7. The molecule has 148 valence electrons. The lowest BCUT2D eigenvalue weighted by Crippen LogP contribution is -2.48. The van der Waals surface area contributed by atoms with Crippen LogP contribution in [-0.4, -0.2) is 31.5 Å². The largest absolute Gasteiger partial charge is 0.356 e. The first-order chi connectivity index (χ1) is 11.9. The number of halogens is 1. The molecule has 0 bridgehead atoms. The summed E-state index contributed by atoms with van der Waals surface area (Å²) < 4.78 is 0. The molecule has 0 spiro atoms. The van der Waals surface area contributed by atoms with Crippen molar-refractivity contribution in [2.24, 2.45) is 10.4 Å². The summed E-state index contributed by atoms with van der Waals surface area (Å²) in [4.78, 5) is 16.8.